The summed E-state index contributed by atoms with van der Waals surface area (Å²) in [7, 11) is 0. The van der Waals surface area contributed by atoms with Gasteiger partial charge in [-0.2, -0.15) is 5.26 Å². The minimum absolute atomic E-state index is 0.158. The van der Waals surface area contributed by atoms with Gasteiger partial charge in [-0.1, -0.05) is 6.07 Å². The lowest BCUT2D eigenvalue weighted by Crippen LogP contribution is -2.12. The van der Waals surface area contributed by atoms with Gasteiger partial charge in [-0.3, -0.25) is 4.79 Å². The van der Waals surface area contributed by atoms with Gasteiger partial charge in [0.05, 0.1) is 23.8 Å². The van der Waals surface area contributed by atoms with E-state index in [0.717, 1.165) is 0 Å². The standard InChI is InChI=1S/C13H12ClNO3/c1-3-18-13(17)11-6-9(7-15)4-5-10(11)12(14)8(2)16/h4-6,12H,3H2,1-2H3. The Bertz CT molecular complexity index is 519. The van der Waals surface area contributed by atoms with Gasteiger partial charge >= 0.3 is 5.97 Å². The summed E-state index contributed by atoms with van der Waals surface area (Å²) in [5.41, 5.74) is 0.835. The summed E-state index contributed by atoms with van der Waals surface area (Å²) in [6, 6.07) is 6.32. The van der Waals surface area contributed by atoms with Gasteiger partial charge in [-0.05, 0) is 31.5 Å². The van der Waals surface area contributed by atoms with Crippen molar-refractivity contribution >= 4 is 23.4 Å². The number of alkyl halides is 1. The number of nitriles is 1. The Kier molecular flexibility index (Phi) is 4.87. The normalized spacial score (nSPS) is 11.4. The van der Waals surface area contributed by atoms with Crippen LogP contribution in [0.5, 0.6) is 0 Å². The number of esters is 1. The molecule has 4 nitrogen and oxygen atoms in total. The molecule has 0 fully saturated rings. The average Bonchev–Trinajstić information content (AvgIpc) is 2.37. The highest BCUT2D eigenvalue weighted by molar-refractivity contribution is 6.31. The van der Waals surface area contributed by atoms with Crippen molar-refractivity contribution in [2.45, 2.75) is 19.2 Å². The number of carbonyl (C=O) groups is 2. The quantitative estimate of drug-likeness (QED) is 0.620. The molecule has 1 rings (SSSR count). The molecule has 0 saturated heterocycles. The Hall–Kier alpha value is -1.86. The molecule has 0 aliphatic carbocycles. The first kappa shape index (κ1) is 14.2. The first-order chi connectivity index (χ1) is 8.51. The van der Waals surface area contributed by atoms with E-state index in [4.69, 9.17) is 21.6 Å². The Balaban J connectivity index is 3.29. The van der Waals surface area contributed by atoms with Crippen molar-refractivity contribution in [3.05, 3.63) is 34.9 Å². The fourth-order valence-corrected chi connectivity index (χ4v) is 1.64. The summed E-state index contributed by atoms with van der Waals surface area (Å²) >= 11 is 5.95. The van der Waals surface area contributed by atoms with E-state index in [1.54, 1.807) is 6.92 Å². The van der Waals surface area contributed by atoms with Gasteiger partial charge in [0.25, 0.3) is 0 Å². The maximum Gasteiger partial charge on any atom is 0.338 e. The van der Waals surface area contributed by atoms with E-state index in [1.165, 1.54) is 25.1 Å². The number of Topliss-reactive ketones (excluding diaryl/α,β-unsaturated/α-hetero) is 1. The van der Waals surface area contributed by atoms with E-state index >= 15 is 0 Å². The van der Waals surface area contributed by atoms with Crippen LogP contribution < -0.4 is 0 Å². The fraction of sp³-hybridized carbons (Fsp3) is 0.308. The predicted octanol–water partition coefficient (Wildman–Crippen LogP) is 2.60. The monoisotopic (exact) mass is 265 g/mol. The molecule has 0 aliphatic rings. The number of rotatable bonds is 4. The molecule has 94 valence electrons. The minimum atomic E-state index is -0.919. The molecule has 0 spiro atoms. The molecule has 1 unspecified atom stereocenters. The van der Waals surface area contributed by atoms with Gasteiger partial charge in [-0.25, -0.2) is 4.79 Å². The SMILES string of the molecule is CCOC(=O)c1cc(C#N)ccc1C(Cl)C(C)=O. The number of carbonyl (C=O) groups excluding carboxylic acids is 2. The molecule has 1 aromatic rings. The summed E-state index contributed by atoms with van der Waals surface area (Å²) in [4.78, 5) is 23.0. The number of halogens is 1. The zero-order valence-electron chi connectivity index (χ0n) is 10.1. The van der Waals surface area contributed by atoms with E-state index < -0.39 is 11.3 Å². The van der Waals surface area contributed by atoms with E-state index in [2.05, 4.69) is 0 Å². The van der Waals surface area contributed by atoms with Crippen molar-refractivity contribution in [1.29, 1.82) is 5.26 Å². The number of hydrogen-bond acceptors (Lipinski definition) is 4. The molecule has 0 aromatic heterocycles. The number of ether oxygens (including phenoxy) is 1. The van der Waals surface area contributed by atoms with Crippen LogP contribution in [0.1, 0.15) is 40.7 Å². The van der Waals surface area contributed by atoms with Gasteiger partial charge in [-0.15, -0.1) is 11.6 Å². The molecule has 5 heteroatoms. The Morgan fingerprint density at radius 1 is 1.50 bits per heavy atom. The van der Waals surface area contributed by atoms with Gasteiger partial charge in [0, 0.05) is 0 Å². The minimum Gasteiger partial charge on any atom is -0.462 e. The van der Waals surface area contributed by atoms with Crippen LogP contribution in [0.2, 0.25) is 0 Å². The molecular weight excluding hydrogens is 254 g/mol. The van der Waals surface area contributed by atoms with Crippen LogP contribution in [0, 0.1) is 11.3 Å². The molecule has 0 saturated carbocycles. The van der Waals surface area contributed by atoms with Crippen LogP contribution in [0.3, 0.4) is 0 Å². The molecule has 1 aromatic carbocycles. The second-order valence-corrected chi connectivity index (χ2v) is 4.04. The highest BCUT2D eigenvalue weighted by atomic mass is 35.5. The third kappa shape index (κ3) is 3.08. The maximum absolute atomic E-state index is 11.8. The molecule has 0 N–H and O–H groups in total. The van der Waals surface area contributed by atoms with E-state index in [1.807, 2.05) is 6.07 Å². The number of benzene rings is 1. The largest absolute Gasteiger partial charge is 0.462 e. The predicted molar refractivity (Wildman–Crippen MR) is 66.4 cm³/mol. The van der Waals surface area contributed by atoms with Crippen LogP contribution in [0.25, 0.3) is 0 Å². The number of hydrogen-bond donors (Lipinski definition) is 0. The Morgan fingerprint density at radius 3 is 2.67 bits per heavy atom. The summed E-state index contributed by atoms with van der Waals surface area (Å²) < 4.78 is 4.88. The highest BCUT2D eigenvalue weighted by Gasteiger charge is 2.22. The summed E-state index contributed by atoms with van der Waals surface area (Å²) in [6.45, 7) is 3.22. The van der Waals surface area contributed by atoms with Crippen molar-refractivity contribution in [3.63, 3.8) is 0 Å². The summed E-state index contributed by atoms with van der Waals surface area (Å²) in [6.07, 6.45) is 0. The van der Waals surface area contributed by atoms with Crippen LogP contribution in [0.4, 0.5) is 0 Å². The molecule has 0 aliphatic heterocycles. The van der Waals surface area contributed by atoms with Gasteiger partial charge in [0.2, 0.25) is 0 Å². The second-order valence-electron chi connectivity index (χ2n) is 3.61. The van der Waals surface area contributed by atoms with Crippen molar-refractivity contribution < 1.29 is 14.3 Å². The van der Waals surface area contributed by atoms with Gasteiger partial charge in [0.15, 0.2) is 5.78 Å². The molecule has 1 atom stereocenters. The summed E-state index contributed by atoms with van der Waals surface area (Å²) in [5, 5.41) is 7.89. The first-order valence-electron chi connectivity index (χ1n) is 5.37. The molecule has 0 amide bonds. The van der Waals surface area contributed by atoms with Crippen molar-refractivity contribution in [2.24, 2.45) is 0 Å². The lowest BCUT2D eigenvalue weighted by atomic mass is 10.00. The topological polar surface area (TPSA) is 67.2 Å². The van der Waals surface area contributed by atoms with Gasteiger partial charge in [0.1, 0.15) is 5.38 Å². The molecular formula is C13H12ClNO3. The molecule has 0 radical (unpaired) electrons. The lowest BCUT2D eigenvalue weighted by molar-refractivity contribution is -0.116. The van der Waals surface area contributed by atoms with Crippen LogP contribution in [-0.4, -0.2) is 18.4 Å². The Morgan fingerprint density at radius 2 is 2.17 bits per heavy atom. The van der Waals surface area contributed by atoms with Crippen molar-refractivity contribution in [1.82, 2.24) is 0 Å². The number of ketones is 1. The van der Waals surface area contributed by atoms with E-state index in [-0.39, 0.29) is 18.0 Å². The lowest BCUT2D eigenvalue weighted by Gasteiger charge is -2.12. The fourth-order valence-electron chi connectivity index (χ4n) is 1.45. The van der Waals surface area contributed by atoms with Crippen LogP contribution >= 0.6 is 11.6 Å². The zero-order chi connectivity index (χ0) is 13.7. The van der Waals surface area contributed by atoms with Crippen LogP contribution in [-0.2, 0) is 9.53 Å². The van der Waals surface area contributed by atoms with Crippen molar-refractivity contribution in [2.75, 3.05) is 6.61 Å². The molecule has 0 heterocycles. The smallest absolute Gasteiger partial charge is 0.338 e. The van der Waals surface area contributed by atoms with Crippen LogP contribution in [0.15, 0.2) is 18.2 Å². The number of nitrogens with zero attached hydrogens (tertiary/aromatic N) is 1. The maximum atomic E-state index is 11.8. The first-order valence-corrected chi connectivity index (χ1v) is 5.80. The molecule has 0 bridgehead atoms. The third-order valence-electron chi connectivity index (χ3n) is 2.31. The average molecular weight is 266 g/mol. The van der Waals surface area contributed by atoms with Gasteiger partial charge < -0.3 is 4.74 Å². The molecule has 18 heavy (non-hydrogen) atoms. The second kappa shape index (κ2) is 6.18. The van der Waals surface area contributed by atoms with Crippen molar-refractivity contribution in [3.8, 4) is 6.07 Å². The van der Waals surface area contributed by atoms with E-state index in [0.29, 0.717) is 11.1 Å². The summed E-state index contributed by atoms with van der Waals surface area (Å²) in [5.74, 6) is -0.858. The highest BCUT2D eigenvalue weighted by Crippen LogP contribution is 2.26. The third-order valence-corrected chi connectivity index (χ3v) is 2.85. The Labute approximate surface area is 110 Å². The zero-order valence-corrected chi connectivity index (χ0v) is 10.8. The van der Waals surface area contributed by atoms with E-state index in [9.17, 15) is 9.59 Å².